The van der Waals surface area contributed by atoms with Gasteiger partial charge in [-0.1, -0.05) is 13.8 Å². The highest BCUT2D eigenvalue weighted by Gasteiger charge is 2.25. The zero-order valence-electron chi connectivity index (χ0n) is 11.4. The molecule has 1 fully saturated rings. The number of nitrogens with zero attached hydrogens (tertiary/aromatic N) is 3. The van der Waals surface area contributed by atoms with Crippen LogP contribution in [0.4, 0.5) is 0 Å². The van der Waals surface area contributed by atoms with Gasteiger partial charge in [-0.05, 0) is 25.3 Å². The van der Waals surface area contributed by atoms with Gasteiger partial charge in [-0.2, -0.15) is 0 Å². The second kappa shape index (κ2) is 5.71. The molecule has 4 heteroatoms. The molecule has 0 radical (unpaired) electrons. The molecule has 0 spiro atoms. The van der Waals surface area contributed by atoms with Crippen LogP contribution in [0.15, 0.2) is 4.99 Å². The molecule has 17 heavy (non-hydrogen) atoms. The second-order valence-corrected chi connectivity index (χ2v) is 5.69. The van der Waals surface area contributed by atoms with E-state index in [1.54, 1.807) is 0 Å². The number of aliphatic imine (C=N–C) groups is 1. The van der Waals surface area contributed by atoms with E-state index >= 15 is 0 Å². The van der Waals surface area contributed by atoms with Gasteiger partial charge in [-0.15, -0.1) is 0 Å². The third-order valence-corrected chi connectivity index (χ3v) is 3.65. The van der Waals surface area contributed by atoms with Crippen molar-refractivity contribution in [2.75, 3.05) is 39.8 Å². The van der Waals surface area contributed by atoms with Gasteiger partial charge in [-0.25, -0.2) is 0 Å². The van der Waals surface area contributed by atoms with Crippen molar-refractivity contribution in [3.8, 4) is 0 Å². The molecule has 1 saturated heterocycles. The molecule has 2 aliphatic heterocycles. The van der Waals surface area contributed by atoms with Gasteiger partial charge in [0.1, 0.15) is 0 Å². The van der Waals surface area contributed by atoms with Crippen LogP contribution in [0.25, 0.3) is 0 Å². The molecule has 2 aliphatic rings. The van der Waals surface area contributed by atoms with Crippen molar-refractivity contribution in [2.24, 2.45) is 10.9 Å². The molecule has 0 unspecified atom stereocenters. The zero-order chi connectivity index (χ0) is 12.3. The van der Waals surface area contributed by atoms with E-state index in [2.05, 4.69) is 41.0 Å². The molecule has 1 atom stereocenters. The molecule has 0 aromatic carbocycles. The number of guanidine groups is 1. The van der Waals surface area contributed by atoms with Crippen LogP contribution in [0.1, 0.15) is 26.7 Å². The minimum absolute atomic E-state index is 0.703. The third kappa shape index (κ3) is 3.35. The van der Waals surface area contributed by atoms with Crippen molar-refractivity contribution < 1.29 is 0 Å². The third-order valence-electron chi connectivity index (χ3n) is 3.65. The molecule has 1 N–H and O–H groups in total. The summed E-state index contributed by atoms with van der Waals surface area (Å²) in [6, 6.07) is 0.703. The summed E-state index contributed by atoms with van der Waals surface area (Å²) in [6.45, 7) is 10.2. The molecule has 0 amide bonds. The van der Waals surface area contributed by atoms with E-state index in [9.17, 15) is 0 Å². The standard InChI is InChI=1S/C13H26N4/c1-11(2)10-17-7-4-5-12(17)9-15-13-14-6-8-16(13)3/h11-12H,4-10H2,1-3H3,(H,14,15)/t12-/m1/s1. The first-order valence-electron chi connectivity index (χ1n) is 6.90. The maximum absolute atomic E-state index is 4.48. The lowest BCUT2D eigenvalue weighted by atomic mass is 10.1. The average Bonchev–Trinajstić information content (AvgIpc) is 2.84. The molecule has 0 saturated carbocycles. The van der Waals surface area contributed by atoms with Crippen LogP contribution in [0, 0.1) is 5.92 Å². The van der Waals surface area contributed by atoms with E-state index in [-0.39, 0.29) is 0 Å². The molecular weight excluding hydrogens is 212 g/mol. The van der Waals surface area contributed by atoms with Crippen molar-refractivity contribution in [2.45, 2.75) is 32.7 Å². The first-order valence-corrected chi connectivity index (χ1v) is 6.90. The molecule has 2 heterocycles. The summed E-state index contributed by atoms with van der Waals surface area (Å²) in [6.07, 6.45) is 2.68. The molecule has 0 aromatic rings. The molecular formula is C13H26N4. The fourth-order valence-corrected chi connectivity index (χ4v) is 2.77. The van der Waals surface area contributed by atoms with Crippen LogP contribution < -0.4 is 5.32 Å². The topological polar surface area (TPSA) is 30.9 Å². The average molecular weight is 238 g/mol. The van der Waals surface area contributed by atoms with Crippen molar-refractivity contribution in [1.82, 2.24) is 15.1 Å². The molecule has 4 nitrogen and oxygen atoms in total. The molecule has 0 aliphatic carbocycles. The molecule has 0 bridgehead atoms. The van der Waals surface area contributed by atoms with Crippen LogP contribution in [0.5, 0.6) is 0 Å². The Morgan fingerprint density at radius 3 is 2.88 bits per heavy atom. The number of likely N-dealkylation sites (tertiary alicyclic amines) is 1. The minimum atomic E-state index is 0.703. The Bertz CT molecular complexity index is 275. The van der Waals surface area contributed by atoms with Gasteiger partial charge in [0.15, 0.2) is 5.96 Å². The Kier molecular flexibility index (Phi) is 4.26. The van der Waals surface area contributed by atoms with E-state index in [4.69, 9.17) is 0 Å². The van der Waals surface area contributed by atoms with Gasteiger partial charge in [0.25, 0.3) is 0 Å². The quantitative estimate of drug-likeness (QED) is 0.792. The van der Waals surface area contributed by atoms with Crippen LogP contribution in [-0.4, -0.2) is 61.6 Å². The van der Waals surface area contributed by atoms with Crippen LogP contribution in [0.3, 0.4) is 0 Å². The van der Waals surface area contributed by atoms with Crippen LogP contribution in [-0.2, 0) is 0 Å². The Morgan fingerprint density at radius 1 is 1.41 bits per heavy atom. The van der Waals surface area contributed by atoms with Gasteiger partial charge in [0.05, 0.1) is 6.54 Å². The predicted molar refractivity (Wildman–Crippen MR) is 72.4 cm³/mol. The lowest BCUT2D eigenvalue weighted by Crippen LogP contribution is -2.44. The summed E-state index contributed by atoms with van der Waals surface area (Å²) in [5.41, 5.74) is 0. The number of rotatable bonds is 4. The first kappa shape index (κ1) is 12.7. The second-order valence-electron chi connectivity index (χ2n) is 5.69. The smallest absolute Gasteiger partial charge is 0.193 e. The molecule has 2 rings (SSSR count). The van der Waals surface area contributed by atoms with Gasteiger partial charge in [0, 0.05) is 32.7 Å². The largest absolute Gasteiger partial charge is 0.355 e. The van der Waals surface area contributed by atoms with E-state index in [0.717, 1.165) is 31.5 Å². The Hall–Kier alpha value is -0.770. The number of hydrogen-bond acceptors (Lipinski definition) is 4. The summed E-state index contributed by atoms with van der Waals surface area (Å²) in [7, 11) is 2.11. The highest BCUT2D eigenvalue weighted by molar-refractivity contribution is 5.81. The Morgan fingerprint density at radius 2 is 2.24 bits per heavy atom. The monoisotopic (exact) mass is 238 g/mol. The van der Waals surface area contributed by atoms with Crippen molar-refractivity contribution in [3.05, 3.63) is 0 Å². The maximum Gasteiger partial charge on any atom is 0.193 e. The van der Waals surface area contributed by atoms with Gasteiger partial charge in [0.2, 0.25) is 0 Å². The molecule has 98 valence electrons. The number of likely N-dealkylation sites (N-methyl/N-ethyl adjacent to an activating group) is 1. The Balaban J connectivity index is 1.78. The lowest BCUT2D eigenvalue weighted by Gasteiger charge is -2.27. The molecule has 0 aromatic heterocycles. The summed E-state index contributed by atoms with van der Waals surface area (Å²) in [5, 5.41) is 3.51. The fraction of sp³-hybridized carbons (Fsp3) is 0.923. The van der Waals surface area contributed by atoms with Crippen LogP contribution >= 0.6 is 0 Å². The van der Waals surface area contributed by atoms with E-state index in [0.29, 0.717) is 6.04 Å². The van der Waals surface area contributed by atoms with E-state index in [1.165, 1.54) is 25.9 Å². The van der Waals surface area contributed by atoms with Gasteiger partial charge in [-0.3, -0.25) is 9.89 Å². The van der Waals surface area contributed by atoms with E-state index < -0.39 is 0 Å². The highest BCUT2D eigenvalue weighted by atomic mass is 15.3. The van der Waals surface area contributed by atoms with Crippen molar-refractivity contribution in [3.63, 3.8) is 0 Å². The minimum Gasteiger partial charge on any atom is -0.355 e. The van der Waals surface area contributed by atoms with Crippen molar-refractivity contribution >= 4 is 5.96 Å². The summed E-state index contributed by atoms with van der Waals surface area (Å²) in [5.74, 6) is 1.85. The first-order chi connectivity index (χ1) is 8.16. The zero-order valence-corrected chi connectivity index (χ0v) is 11.4. The summed E-state index contributed by atoms with van der Waals surface area (Å²) in [4.78, 5) is 9.32. The normalized spacial score (nSPS) is 25.8. The lowest BCUT2D eigenvalue weighted by molar-refractivity contribution is 0.226. The van der Waals surface area contributed by atoms with Gasteiger partial charge < -0.3 is 10.2 Å². The fourth-order valence-electron chi connectivity index (χ4n) is 2.77. The SMILES string of the molecule is CC(C)CN1CCC[C@@H]1CNC1=NCCN1C. The van der Waals surface area contributed by atoms with Crippen LogP contribution in [0.2, 0.25) is 0 Å². The Labute approximate surface area is 105 Å². The van der Waals surface area contributed by atoms with E-state index in [1.807, 2.05) is 0 Å². The van der Waals surface area contributed by atoms with Gasteiger partial charge >= 0.3 is 0 Å². The highest BCUT2D eigenvalue weighted by Crippen LogP contribution is 2.18. The predicted octanol–water partition coefficient (Wildman–Crippen LogP) is 0.998. The summed E-state index contributed by atoms with van der Waals surface area (Å²) < 4.78 is 0. The number of nitrogens with one attached hydrogen (secondary N) is 1. The maximum atomic E-state index is 4.48. The van der Waals surface area contributed by atoms with Crippen molar-refractivity contribution in [1.29, 1.82) is 0 Å². The number of hydrogen-bond donors (Lipinski definition) is 1. The summed E-state index contributed by atoms with van der Waals surface area (Å²) >= 11 is 0.